The fourth-order valence-corrected chi connectivity index (χ4v) is 4.50. The molecule has 1 N–H and O–H groups in total. The van der Waals surface area contributed by atoms with Gasteiger partial charge in [-0.15, -0.1) is 0 Å². The number of rotatable bonds is 18. The van der Waals surface area contributed by atoms with E-state index in [1.165, 1.54) is 70.6 Å². The molecule has 0 radical (unpaired) electrons. The first-order chi connectivity index (χ1) is 12.2. The lowest BCUT2D eigenvalue weighted by Gasteiger charge is -2.31. The summed E-state index contributed by atoms with van der Waals surface area (Å²) in [4.78, 5) is 0. The highest BCUT2D eigenvalue weighted by atomic mass is 32.2. The number of quaternary nitrogens is 1. The molecule has 0 aliphatic rings. The van der Waals surface area contributed by atoms with Crippen LogP contribution in [0.2, 0.25) is 0 Å². The molecule has 4 nitrogen and oxygen atoms in total. The van der Waals surface area contributed by atoms with Crippen LogP contribution in [0.15, 0.2) is 0 Å². The third-order valence-corrected chi connectivity index (χ3v) is 6.80. The van der Waals surface area contributed by atoms with Crippen LogP contribution < -0.4 is 4.72 Å². The topological polar surface area (TPSA) is 46.2 Å². The summed E-state index contributed by atoms with van der Waals surface area (Å²) in [5, 5.41) is 0. The Labute approximate surface area is 164 Å². The van der Waals surface area contributed by atoms with Gasteiger partial charge in [0.2, 0.25) is 10.0 Å². The van der Waals surface area contributed by atoms with E-state index in [9.17, 15) is 8.42 Å². The Kier molecular flexibility index (Phi) is 14.8. The van der Waals surface area contributed by atoms with Crippen LogP contribution >= 0.6 is 0 Å². The van der Waals surface area contributed by atoms with Crippen molar-refractivity contribution in [3.05, 3.63) is 0 Å². The quantitative estimate of drug-likeness (QED) is 0.192. The normalized spacial score (nSPS) is 13.9. The zero-order valence-corrected chi connectivity index (χ0v) is 19.2. The van der Waals surface area contributed by atoms with E-state index in [1.807, 2.05) is 28.1 Å². The second-order valence-electron chi connectivity index (χ2n) is 8.83. The van der Waals surface area contributed by atoms with Crippen molar-refractivity contribution >= 4 is 10.0 Å². The lowest BCUT2D eigenvalue weighted by Crippen LogP contribution is -2.53. The van der Waals surface area contributed by atoms with Gasteiger partial charge in [0.1, 0.15) is 0 Å². The van der Waals surface area contributed by atoms with Crippen LogP contribution in [0.25, 0.3) is 0 Å². The number of hydrogen-bond acceptors (Lipinski definition) is 2. The summed E-state index contributed by atoms with van der Waals surface area (Å²) in [6.07, 6.45) is 17.9. The Morgan fingerprint density at radius 1 is 0.692 bits per heavy atom. The van der Waals surface area contributed by atoms with Gasteiger partial charge in [-0.2, -0.15) is 4.72 Å². The molecule has 158 valence electrons. The predicted octanol–water partition coefficient (Wildman–Crippen LogP) is 5.44. The fourth-order valence-electron chi connectivity index (χ4n) is 2.96. The van der Waals surface area contributed by atoms with Crippen LogP contribution in [0.3, 0.4) is 0 Å². The molecule has 0 aliphatic heterocycles. The second kappa shape index (κ2) is 14.9. The van der Waals surface area contributed by atoms with Gasteiger partial charge in [-0.05, 0) is 6.42 Å². The van der Waals surface area contributed by atoms with E-state index >= 15 is 0 Å². The van der Waals surface area contributed by atoms with Gasteiger partial charge in [0, 0.05) is 6.92 Å². The summed E-state index contributed by atoms with van der Waals surface area (Å²) in [6, 6.07) is 0. The minimum Gasteiger partial charge on any atom is -0.316 e. The summed E-state index contributed by atoms with van der Waals surface area (Å²) in [5.41, 5.74) is 0. The van der Waals surface area contributed by atoms with Crippen LogP contribution in [0.1, 0.15) is 104 Å². The molecule has 0 bridgehead atoms. The molecule has 1 atom stereocenters. The van der Waals surface area contributed by atoms with Crippen molar-refractivity contribution in [2.75, 3.05) is 26.9 Å². The van der Waals surface area contributed by atoms with Crippen molar-refractivity contribution in [1.82, 2.24) is 4.72 Å². The number of hydrogen-bond donors (Lipinski definition) is 1. The van der Waals surface area contributed by atoms with E-state index in [4.69, 9.17) is 0 Å². The maximum atomic E-state index is 12.1. The van der Waals surface area contributed by atoms with Crippen molar-refractivity contribution in [3.63, 3.8) is 0 Å². The number of nitrogens with zero attached hydrogens (tertiary/aromatic N) is 1. The van der Waals surface area contributed by atoms with E-state index < -0.39 is 10.0 Å². The lowest BCUT2D eigenvalue weighted by molar-refractivity contribution is -0.895. The van der Waals surface area contributed by atoms with E-state index in [2.05, 4.69) is 11.6 Å². The molecule has 0 saturated carbocycles. The molecule has 26 heavy (non-hydrogen) atoms. The molecule has 0 aliphatic carbocycles. The summed E-state index contributed by atoms with van der Waals surface area (Å²) in [7, 11) is 2.85. The van der Waals surface area contributed by atoms with Gasteiger partial charge in [0.05, 0.1) is 26.9 Å². The van der Waals surface area contributed by atoms with Crippen molar-refractivity contribution in [2.24, 2.45) is 0 Å². The Hall–Kier alpha value is -0.130. The standard InChI is InChI=1S/C21H47N2O2S/c1-6-7-8-9-10-11-12-13-14-15-16-17-18-19-20-26(24,25)22-21(2)23(3,4)5/h21-22H,6-20H2,1-5H3/q+1. The third kappa shape index (κ3) is 16.1. The van der Waals surface area contributed by atoms with Gasteiger partial charge in [0.25, 0.3) is 0 Å². The first kappa shape index (κ1) is 25.9. The summed E-state index contributed by atoms with van der Waals surface area (Å²) < 4.78 is 27.6. The average Bonchev–Trinajstić information content (AvgIpc) is 2.53. The SMILES string of the molecule is CCCCCCCCCCCCCCCCS(=O)(=O)NC(C)[N+](C)(C)C. The van der Waals surface area contributed by atoms with E-state index in [0.29, 0.717) is 4.48 Å². The van der Waals surface area contributed by atoms with E-state index in [-0.39, 0.29) is 11.9 Å². The number of unbranched alkanes of at least 4 members (excludes halogenated alkanes) is 13. The van der Waals surface area contributed by atoms with Crippen molar-refractivity contribution in [3.8, 4) is 0 Å². The van der Waals surface area contributed by atoms with Gasteiger partial charge in [-0.25, -0.2) is 8.42 Å². The first-order valence-electron chi connectivity index (χ1n) is 11.0. The lowest BCUT2D eigenvalue weighted by atomic mass is 10.0. The molecule has 0 aromatic rings. The highest BCUT2D eigenvalue weighted by Crippen LogP contribution is 2.13. The molecule has 0 spiro atoms. The van der Waals surface area contributed by atoms with Crippen molar-refractivity contribution in [1.29, 1.82) is 0 Å². The Balaban J connectivity index is 3.45. The predicted molar refractivity (Wildman–Crippen MR) is 115 cm³/mol. The Morgan fingerprint density at radius 2 is 1.04 bits per heavy atom. The number of nitrogens with one attached hydrogen (secondary N) is 1. The van der Waals surface area contributed by atoms with Crippen molar-refractivity contribution in [2.45, 2.75) is 110 Å². The van der Waals surface area contributed by atoms with Gasteiger partial charge in [-0.3, -0.25) is 0 Å². The summed E-state index contributed by atoms with van der Waals surface area (Å²) >= 11 is 0. The average molecular weight is 392 g/mol. The largest absolute Gasteiger partial charge is 0.316 e. The van der Waals surface area contributed by atoms with Crippen LogP contribution in [0, 0.1) is 0 Å². The van der Waals surface area contributed by atoms with Crippen LogP contribution in [-0.2, 0) is 10.0 Å². The Bertz CT molecular complexity index is 416. The second-order valence-corrected chi connectivity index (χ2v) is 10.7. The molecule has 0 aromatic carbocycles. The van der Waals surface area contributed by atoms with Gasteiger partial charge in [-0.1, -0.05) is 90.4 Å². The van der Waals surface area contributed by atoms with Crippen LogP contribution in [-0.4, -0.2) is 46.0 Å². The van der Waals surface area contributed by atoms with Gasteiger partial charge < -0.3 is 4.48 Å². The first-order valence-corrected chi connectivity index (χ1v) is 12.7. The molecule has 0 amide bonds. The highest BCUT2D eigenvalue weighted by molar-refractivity contribution is 7.89. The molecular formula is C21H47N2O2S+. The smallest absolute Gasteiger partial charge is 0.216 e. The molecule has 1 unspecified atom stereocenters. The Morgan fingerprint density at radius 3 is 1.38 bits per heavy atom. The minimum absolute atomic E-state index is 0.0911. The highest BCUT2D eigenvalue weighted by Gasteiger charge is 2.23. The fraction of sp³-hybridized carbons (Fsp3) is 1.00. The van der Waals surface area contributed by atoms with Crippen molar-refractivity contribution < 1.29 is 12.9 Å². The third-order valence-electron chi connectivity index (χ3n) is 5.28. The molecule has 0 saturated heterocycles. The van der Waals surface area contributed by atoms with Crippen LogP contribution in [0.5, 0.6) is 0 Å². The van der Waals surface area contributed by atoms with Gasteiger partial charge in [0.15, 0.2) is 6.17 Å². The summed E-state index contributed by atoms with van der Waals surface area (Å²) in [5.74, 6) is 0.259. The van der Waals surface area contributed by atoms with E-state index in [0.717, 1.165) is 19.3 Å². The van der Waals surface area contributed by atoms with Crippen LogP contribution in [0.4, 0.5) is 0 Å². The molecule has 0 rings (SSSR count). The molecular weight excluding hydrogens is 344 g/mol. The monoisotopic (exact) mass is 391 g/mol. The van der Waals surface area contributed by atoms with Gasteiger partial charge >= 0.3 is 0 Å². The maximum Gasteiger partial charge on any atom is 0.216 e. The number of sulfonamides is 1. The summed E-state index contributed by atoms with van der Waals surface area (Å²) in [6.45, 7) is 4.19. The zero-order chi connectivity index (χ0) is 19.9. The minimum atomic E-state index is -3.15. The zero-order valence-electron chi connectivity index (χ0n) is 18.4. The molecule has 5 heteroatoms. The molecule has 0 fully saturated rings. The molecule has 0 aromatic heterocycles. The maximum absolute atomic E-state index is 12.1. The van der Waals surface area contributed by atoms with E-state index in [1.54, 1.807) is 0 Å². The molecule has 0 heterocycles.